The zero-order chi connectivity index (χ0) is 22.2. The maximum Gasteiger partial charge on any atom is 0.274 e. The number of likely N-dealkylation sites (tertiary alicyclic amines) is 1. The van der Waals surface area contributed by atoms with Gasteiger partial charge in [0.25, 0.3) is 5.91 Å². The Bertz CT molecular complexity index is 1280. The highest BCUT2D eigenvalue weighted by atomic mass is 32.1. The average Bonchev–Trinajstić information content (AvgIpc) is 3.38. The number of nitrogens with zero attached hydrogens (tertiary/aromatic N) is 2. The van der Waals surface area contributed by atoms with Gasteiger partial charge in [0.2, 0.25) is 0 Å². The Balaban J connectivity index is 1.44. The number of hydrogen-bond acceptors (Lipinski definition) is 4. The first-order chi connectivity index (χ1) is 15.5. The quantitative estimate of drug-likeness (QED) is 0.361. The molecule has 2 aromatic heterocycles. The molecule has 0 saturated carbocycles. The minimum absolute atomic E-state index is 0.0528. The van der Waals surface area contributed by atoms with Crippen LogP contribution in [-0.4, -0.2) is 28.4 Å². The molecule has 4 nitrogen and oxygen atoms in total. The molecule has 1 aliphatic heterocycles. The van der Waals surface area contributed by atoms with E-state index < -0.39 is 0 Å². The number of aryl methyl sites for hydroxylation is 1. The van der Waals surface area contributed by atoms with Crippen LogP contribution in [0, 0.1) is 18.6 Å². The molecule has 4 aromatic rings. The third kappa shape index (κ3) is 3.93. The van der Waals surface area contributed by atoms with E-state index in [-0.39, 0.29) is 23.6 Å². The Morgan fingerprint density at radius 3 is 2.78 bits per heavy atom. The average molecular weight is 453 g/mol. The first-order valence-electron chi connectivity index (χ1n) is 10.7. The van der Waals surface area contributed by atoms with Crippen molar-refractivity contribution < 1.29 is 18.0 Å². The minimum atomic E-state index is -0.318. The van der Waals surface area contributed by atoms with Crippen LogP contribution in [0.15, 0.2) is 52.9 Å². The van der Waals surface area contributed by atoms with E-state index >= 15 is 0 Å². The molecular formula is C25H22F2N2O2S. The largest absolute Gasteiger partial charge is 0.461 e. The minimum Gasteiger partial charge on any atom is -0.461 e. The van der Waals surface area contributed by atoms with Gasteiger partial charge in [-0.2, -0.15) is 0 Å². The SMILES string of the molecule is Cc1nc(C(=O)N2CCCCC2Cc2cc3c(F)cccc3o2)c(-c2ccc(F)cc2)s1. The normalized spacial score (nSPS) is 16.6. The number of carbonyl (C=O) groups excluding carboxylic acids is 1. The molecule has 0 spiro atoms. The van der Waals surface area contributed by atoms with Crippen molar-refractivity contribution in [1.29, 1.82) is 0 Å². The molecule has 0 aliphatic carbocycles. The molecule has 7 heteroatoms. The van der Waals surface area contributed by atoms with Crippen LogP contribution < -0.4 is 0 Å². The summed E-state index contributed by atoms with van der Waals surface area (Å²) in [6.45, 7) is 2.50. The predicted octanol–water partition coefficient (Wildman–Crippen LogP) is 6.38. The second-order valence-corrected chi connectivity index (χ2v) is 9.34. The van der Waals surface area contributed by atoms with Crippen LogP contribution in [0.3, 0.4) is 0 Å². The van der Waals surface area contributed by atoms with Gasteiger partial charge in [-0.25, -0.2) is 13.8 Å². The highest BCUT2D eigenvalue weighted by molar-refractivity contribution is 7.15. The Hall–Kier alpha value is -3.06. The van der Waals surface area contributed by atoms with Crippen LogP contribution in [-0.2, 0) is 6.42 Å². The molecule has 0 N–H and O–H groups in total. The topological polar surface area (TPSA) is 46.3 Å². The molecule has 3 heterocycles. The van der Waals surface area contributed by atoms with Crippen LogP contribution in [0.4, 0.5) is 8.78 Å². The van der Waals surface area contributed by atoms with Crippen molar-refractivity contribution in [2.24, 2.45) is 0 Å². The van der Waals surface area contributed by atoms with E-state index in [0.29, 0.717) is 35.4 Å². The molecule has 164 valence electrons. The van der Waals surface area contributed by atoms with Gasteiger partial charge in [0.15, 0.2) is 0 Å². The lowest BCUT2D eigenvalue weighted by molar-refractivity contribution is 0.0603. The number of rotatable bonds is 4. The fourth-order valence-electron chi connectivity index (χ4n) is 4.40. The molecule has 0 bridgehead atoms. The van der Waals surface area contributed by atoms with E-state index in [1.54, 1.807) is 30.3 Å². The van der Waals surface area contributed by atoms with Gasteiger partial charge >= 0.3 is 0 Å². The molecule has 1 amide bonds. The highest BCUT2D eigenvalue weighted by Gasteiger charge is 2.31. The van der Waals surface area contributed by atoms with Crippen molar-refractivity contribution in [3.63, 3.8) is 0 Å². The predicted molar refractivity (Wildman–Crippen MR) is 121 cm³/mol. The summed E-state index contributed by atoms with van der Waals surface area (Å²) in [5.41, 5.74) is 1.70. The second kappa shape index (κ2) is 8.47. The van der Waals surface area contributed by atoms with E-state index in [2.05, 4.69) is 4.98 Å². The van der Waals surface area contributed by atoms with Crippen LogP contribution in [0.2, 0.25) is 0 Å². The highest BCUT2D eigenvalue weighted by Crippen LogP contribution is 2.33. The van der Waals surface area contributed by atoms with Gasteiger partial charge in [0.1, 0.15) is 28.7 Å². The number of carbonyl (C=O) groups is 1. The van der Waals surface area contributed by atoms with Crippen LogP contribution >= 0.6 is 11.3 Å². The number of halogens is 2. The Morgan fingerprint density at radius 1 is 1.19 bits per heavy atom. The lowest BCUT2D eigenvalue weighted by Gasteiger charge is -2.35. The monoisotopic (exact) mass is 452 g/mol. The van der Waals surface area contributed by atoms with Crippen molar-refractivity contribution in [2.45, 2.75) is 38.6 Å². The summed E-state index contributed by atoms with van der Waals surface area (Å²) >= 11 is 1.43. The van der Waals surface area contributed by atoms with Crippen LogP contribution in [0.1, 0.15) is 40.5 Å². The van der Waals surface area contributed by atoms with Gasteiger partial charge in [-0.15, -0.1) is 11.3 Å². The summed E-state index contributed by atoms with van der Waals surface area (Å²) in [6, 6.07) is 12.6. The Morgan fingerprint density at radius 2 is 2.00 bits per heavy atom. The summed E-state index contributed by atoms with van der Waals surface area (Å²) in [6.07, 6.45) is 3.31. The van der Waals surface area contributed by atoms with Gasteiger partial charge in [0, 0.05) is 19.0 Å². The number of amides is 1. The second-order valence-electron chi connectivity index (χ2n) is 8.13. The number of thiazole rings is 1. The summed E-state index contributed by atoms with van der Waals surface area (Å²) in [5, 5.41) is 1.25. The molecule has 5 rings (SSSR count). The van der Waals surface area contributed by atoms with Gasteiger partial charge in [-0.1, -0.05) is 18.2 Å². The molecule has 2 aromatic carbocycles. The molecule has 1 aliphatic rings. The van der Waals surface area contributed by atoms with Crippen LogP contribution in [0.25, 0.3) is 21.4 Å². The zero-order valence-corrected chi connectivity index (χ0v) is 18.4. The zero-order valence-electron chi connectivity index (χ0n) is 17.6. The lowest BCUT2D eigenvalue weighted by Crippen LogP contribution is -2.45. The van der Waals surface area contributed by atoms with E-state index in [9.17, 15) is 13.6 Å². The van der Waals surface area contributed by atoms with E-state index in [0.717, 1.165) is 34.7 Å². The van der Waals surface area contributed by atoms with Gasteiger partial charge in [-0.3, -0.25) is 4.79 Å². The van der Waals surface area contributed by atoms with E-state index in [1.807, 2.05) is 11.8 Å². The maximum absolute atomic E-state index is 14.1. The smallest absolute Gasteiger partial charge is 0.274 e. The van der Waals surface area contributed by atoms with Crippen molar-refractivity contribution in [1.82, 2.24) is 9.88 Å². The summed E-state index contributed by atoms with van der Waals surface area (Å²) in [4.78, 5) is 20.8. The first kappa shape index (κ1) is 20.8. The maximum atomic E-state index is 14.1. The van der Waals surface area contributed by atoms with Crippen molar-refractivity contribution in [2.75, 3.05) is 6.54 Å². The fourth-order valence-corrected chi connectivity index (χ4v) is 5.31. The molecule has 1 fully saturated rings. The van der Waals surface area contributed by atoms with Gasteiger partial charge in [-0.05, 0) is 62.1 Å². The molecular weight excluding hydrogens is 430 g/mol. The summed E-state index contributed by atoms with van der Waals surface area (Å²) in [7, 11) is 0. The standard InChI is InChI=1S/C25H22F2N2O2S/c1-15-28-23(24(32-15)16-8-10-17(26)11-9-16)25(30)29-12-3-2-5-18(29)13-19-14-20-21(27)6-4-7-22(20)31-19/h4,6-11,14,18H,2-3,5,12-13H2,1H3. The Kier molecular flexibility index (Phi) is 5.51. The number of benzene rings is 2. The molecule has 1 atom stereocenters. The van der Waals surface area contributed by atoms with Gasteiger partial charge in [0.05, 0.1) is 15.3 Å². The Labute approximate surface area is 188 Å². The number of aromatic nitrogens is 1. The number of fused-ring (bicyclic) bond motifs is 1. The summed E-state index contributed by atoms with van der Waals surface area (Å²) in [5.74, 6) is -0.0825. The molecule has 1 saturated heterocycles. The molecule has 1 unspecified atom stereocenters. The van der Waals surface area contributed by atoms with Crippen molar-refractivity contribution in [3.8, 4) is 10.4 Å². The fraction of sp³-hybridized carbons (Fsp3) is 0.280. The molecule has 0 radical (unpaired) electrons. The first-order valence-corrected chi connectivity index (χ1v) is 11.5. The van der Waals surface area contributed by atoms with Crippen LogP contribution in [0.5, 0.6) is 0 Å². The number of furan rings is 1. The lowest BCUT2D eigenvalue weighted by atomic mass is 9.97. The van der Waals surface area contributed by atoms with E-state index in [4.69, 9.17) is 4.42 Å². The third-order valence-electron chi connectivity index (χ3n) is 5.93. The number of piperidine rings is 1. The van der Waals surface area contributed by atoms with Crippen molar-refractivity contribution >= 4 is 28.2 Å². The van der Waals surface area contributed by atoms with Gasteiger partial charge < -0.3 is 9.32 Å². The number of hydrogen-bond donors (Lipinski definition) is 0. The summed E-state index contributed by atoms with van der Waals surface area (Å²) < 4.78 is 33.3. The van der Waals surface area contributed by atoms with E-state index in [1.165, 1.54) is 29.5 Å². The van der Waals surface area contributed by atoms with Crippen molar-refractivity contribution in [3.05, 3.63) is 76.6 Å². The molecule has 32 heavy (non-hydrogen) atoms. The third-order valence-corrected chi connectivity index (χ3v) is 6.95.